The summed E-state index contributed by atoms with van der Waals surface area (Å²) in [6.07, 6.45) is 0.560. The largest absolute Gasteiger partial charge is 0.455 e. The molecule has 76 valence electrons. The van der Waals surface area contributed by atoms with E-state index in [1.807, 2.05) is 0 Å². The van der Waals surface area contributed by atoms with E-state index in [4.69, 9.17) is 4.74 Å². The highest BCUT2D eigenvalue weighted by Crippen LogP contribution is 2.10. The molecular weight excluding hydrogens is 184 g/mol. The minimum Gasteiger partial charge on any atom is -0.455 e. The van der Waals surface area contributed by atoms with E-state index in [0.717, 1.165) is 0 Å². The van der Waals surface area contributed by atoms with Gasteiger partial charge in [-0.05, 0) is 20.8 Å². The molecule has 0 bridgehead atoms. The third-order valence-electron chi connectivity index (χ3n) is 1.34. The van der Waals surface area contributed by atoms with Crippen LogP contribution in [0.2, 0.25) is 0 Å². The molecule has 0 aliphatic carbocycles. The third-order valence-corrected chi connectivity index (χ3v) is 1.34. The number of nitrogens with one attached hydrogen (secondary N) is 1. The Balaban J connectivity index is 2.75. The molecule has 0 saturated carbocycles. The van der Waals surface area contributed by atoms with Crippen LogP contribution in [0.5, 0.6) is 0 Å². The molecule has 14 heavy (non-hydrogen) atoms. The molecule has 0 atom stereocenters. The molecule has 1 heterocycles. The maximum atomic E-state index is 11.4. The number of carbonyl (C=O) groups is 2. The van der Waals surface area contributed by atoms with Gasteiger partial charge in [0.25, 0.3) is 0 Å². The number of carbonyl (C=O) groups excluding carboxylic acids is 2. The minimum absolute atomic E-state index is 0.182. The van der Waals surface area contributed by atoms with Crippen molar-refractivity contribution in [2.45, 2.75) is 26.4 Å². The number of H-pyrrole nitrogens is 1. The Labute approximate surface area is 81.5 Å². The van der Waals surface area contributed by atoms with Crippen molar-refractivity contribution in [1.82, 2.24) is 10.2 Å². The van der Waals surface area contributed by atoms with Crippen LogP contribution >= 0.6 is 0 Å². The number of aldehydes is 1. The number of esters is 1. The van der Waals surface area contributed by atoms with Crippen molar-refractivity contribution in [3.8, 4) is 0 Å². The highest BCUT2D eigenvalue weighted by Gasteiger charge is 2.19. The van der Waals surface area contributed by atoms with Crippen molar-refractivity contribution in [3.05, 3.63) is 17.5 Å². The van der Waals surface area contributed by atoms with E-state index in [1.165, 1.54) is 6.07 Å². The summed E-state index contributed by atoms with van der Waals surface area (Å²) in [5.41, 5.74) is -0.184. The van der Waals surface area contributed by atoms with Crippen molar-refractivity contribution < 1.29 is 14.3 Å². The Morgan fingerprint density at radius 2 is 2.21 bits per heavy atom. The molecule has 1 aromatic heterocycles. The van der Waals surface area contributed by atoms with Crippen LogP contribution < -0.4 is 0 Å². The number of rotatable bonds is 2. The number of nitrogens with zero attached hydrogens (tertiary/aromatic N) is 1. The molecule has 0 fully saturated rings. The lowest BCUT2D eigenvalue weighted by atomic mass is 10.2. The first-order valence-electron chi connectivity index (χ1n) is 4.16. The Morgan fingerprint density at radius 1 is 1.57 bits per heavy atom. The van der Waals surface area contributed by atoms with E-state index in [1.54, 1.807) is 20.8 Å². The second kappa shape index (κ2) is 3.61. The Kier molecular flexibility index (Phi) is 2.69. The normalized spacial score (nSPS) is 11.1. The quantitative estimate of drug-likeness (QED) is 0.569. The van der Waals surface area contributed by atoms with Crippen molar-refractivity contribution in [2.24, 2.45) is 0 Å². The number of hydrogen-bond donors (Lipinski definition) is 1. The first-order valence-corrected chi connectivity index (χ1v) is 4.16. The van der Waals surface area contributed by atoms with Crippen LogP contribution in [0, 0.1) is 0 Å². The van der Waals surface area contributed by atoms with Gasteiger partial charge in [-0.1, -0.05) is 0 Å². The summed E-state index contributed by atoms with van der Waals surface area (Å²) < 4.78 is 5.06. The van der Waals surface area contributed by atoms with Crippen LogP contribution in [0.25, 0.3) is 0 Å². The molecule has 5 heteroatoms. The standard InChI is InChI=1S/C9H12N2O3/c1-9(2,3)14-8(13)7-4-6(5-12)10-11-7/h4-5H,1-3H3,(H,10,11). The molecule has 0 radical (unpaired) electrons. The summed E-state index contributed by atoms with van der Waals surface area (Å²) in [5, 5.41) is 6.02. The first-order chi connectivity index (χ1) is 6.42. The van der Waals surface area contributed by atoms with Gasteiger partial charge < -0.3 is 4.74 Å². The van der Waals surface area contributed by atoms with Gasteiger partial charge in [-0.3, -0.25) is 9.89 Å². The lowest BCUT2D eigenvalue weighted by molar-refractivity contribution is 0.00628. The van der Waals surface area contributed by atoms with E-state index in [-0.39, 0.29) is 11.4 Å². The molecule has 5 nitrogen and oxygen atoms in total. The SMILES string of the molecule is CC(C)(C)OC(=O)c1cc(C=O)n[nH]1. The zero-order chi connectivity index (χ0) is 10.8. The predicted octanol–water partition coefficient (Wildman–Crippen LogP) is 1.18. The number of aromatic nitrogens is 2. The average molecular weight is 196 g/mol. The molecular formula is C9H12N2O3. The fourth-order valence-corrected chi connectivity index (χ4v) is 0.835. The fourth-order valence-electron chi connectivity index (χ4n) is 0.835. The molecule has 0 spiro atoms. The number of ether oxygens (including phenoxy) is 1. The van der Waals surface area contributed by atoms with Gasteiger partial charge in [-0.25, -0.2) is 4.79 Å². The summed E-state index contributed by atoms with van der Waals surface area (Å²) in [6.45, 7) is 5.30. The van der Waals surface area contributed by atoms with Crippen molar-refractivity contribution >= 4 is 12.3 Å². The number of hydrogen-bond acceptors (Lipinski definition) is 4. The lowest BCUT2D eigenvalue weighted by Crippen LogP contribution is -2.24. The van der Waals surface area contributed by atoms with Crippen LogP contribution in [0.15, 0.2) is 6.07 Å². The molecule has 0 saturated heterocycles. The van der Waals surface area contributed by atoms with E-state index < -0.39 is 11.6 Å². The highest BCUT2D eigenvalue weighted by atomic mass is 16.6. The zero-order valence-corrected chi connectivity index (χ0v) is 8.33. The molecule has 0 amide bonds. The van der Waals surface area contributed by atoms with Crippen LogP contribution in [0.4, 0.5) is 0 Å². The molecule has 0 aliphatic heterocycles. The fraction of sp³-hybridized carbons (Fsp3) is 0.444. The van der Waals surface area contributed by atoms with E-state index >= 15 is 0 Å². The maximum absolute atomic E-state index is 11.4. The molecule has 1 rings (SSSR count). The predicted molar refractivity (Wildman–Crippen MR) is 49.1 cm³/mol. The van der Waals surface area contributed by atoms with Crippen LogP contribution in [-0.2, 0) is 4.74 Å². The summed E-state index contributed by atoms with van der Waals surface area (Å²) >= 11 is 0. The monoisotopic (exact) mass is 196 g/mol. The summed E-state index contributed by atoms with van der Waals surface area (Å²) in [4.78, 5) is 21.7. The zero-order valence-electron chi connectivity index (χ0n) is 8.33. The van der Waals surface area contributed by atoms with Gasteiger partial charge in [0.15, 0.2) is 6.29 Å². The van der Waals surface area contributed by atoms with Crippen molar-refractivity contribution in [1.29, 1.82) is 0 Å². The maximum Gasteiger partial charge on any atom is 0.356 e. The highest BCUT2D eigenvalue weighted by molar-refractivity contribution is 5.89. The topological polar surface area (TPSA) is 72.1 Å². The molecule has 0 aliphatic rings. The van der Waals surface area contributed by atoms with Crippen LogP contribution in [0.3, 0.4) is 0 Å². The second-order valence-electron chi connectivity index (χ2n) is 3.83. The van der Waals surface area contributed by atoms with Gasteiger partial charge in [0.05, 0.1) is 0 Å². The van der Waals surface area contributed by atoms with E-state index in [2.05, 4.69) is 10.2 Å². The van der Waals surface area contributed by atoms with Crippen molar-refractivity contribution in [3.63, 3.8) is 0 Å². The van der Waals surface area contributed by atoms with Crippen LogP contribution in [0.1, 0.15) is 41.7 Å². The minimum atomic E-state index is -0.552. The molecule has 0 aromatic carbocycles. The Morgan fingerprint density at radius 3 is 2.64 bits per heavy atom. The Hall–Kier alpha value is -1.65. The average Bonchev–Trinajstić information content (AvgIpc) is 2.48. The van der Waals surface area contributed by atoms with Gasteiger partial charge in [0.1, 0.15) is 17.0 Å². The van der Waals surface area contributed by atoms with E-state index in [0.29, 0.717) is 6.29 Å². The molecule has 1 N–H and O–H groups in total. The second-order valence-corrected chi connectivity index (χ2v) is 3.83. The summed E-state index contributed by atoms with van der Waals surface area (Å²) in [7, 11) is 0. The summed E-state index contributed by atoms with van der Waals surface area (Å²) in [5.74, 6) is -0.516. The Bertz CT molecular complexity index is 349. The molecule has 0 unspecified atom stereocenters. The van der Waals surface area contributed by atoms with Gasteiger partial charge in [0, 0.05) is 6.07 Å². The number of aromatic amines is 1. The summed E-state index contributed by atoms with van der Waals surface area (Å²) in [6, 6.07) is 1.35. The van der Waals surface area contributed by atoms with Gasteiger partial charge in [-0.2, -0.15) is 5.10 Å². The van der Waals surface area contributed by atoms with Crippen LogP contribution in [-0.4, -0.2) is 28.1 Å². The van der Waals surface area contributed by atoms with E-state index in [9.17, 15) is 9.59 Å². The van der Waals surface area contributed by atoms with Gasteiger partial charge in [0.2, 0.25) is 0 Å². The smallest absolute Gasteiger partial charge is 0.356 e. The third kappa shape index (κ3) is 2.69. The first kappa shape index (κ1) is 10.4. The lowest BCUT2D eigenvalue weighted by Gasteiger charge is -2.18. The molecule has 1 aromatic rings. The van der Waals surface area contributed by atoms with Gasteiger partial charge >= 0.3 is 5.97 Å². The van der Waals surface area contributed by atoms with Gasteiger partial charge in [-0.15, -0.1) is 0 Å². The van der Waals surface area contributed by atoms with Crippen molar-refractivity contribution in [2.75, 3.05) is 0 Å².